The normalized spacial score (nSPS) is 43.8. The predicted molar refractivity (Wildman–Crippen MR) is 66.5 cm³/mol. The molecule has 2 nitrogen and oxygen atoms in total. The minimum atomic E-state index is -0.333. The molecule has 0 aromatic heterocycles. The van der Waals surface area contributed by atoms with Gasteiger partial charge in [-0.05, 0) is 77.0 Å². The van der Waals surface area contributed by atoms with Gasteiger partial charge in [-0.2, -0.15) is 0 Å². The van der Waals surface area contributed by atoms with E-state index >= 15 is 0 Å². The van der Waals surface area contributed by atoms with E-state index in [0.717, 1.165) is 37.0 Å². The van der Waals surface area contributed by atoms with Gasteiger partial charge in [-0.1, -0.05) is 0 Å². The molecule has 4 fully saturated rings. The van der Waals surface area contributed by atoms with E-state index in [0.29, 0.717) is 0 Å². The number of hydrogen-bond acceptors (Lipinski definition) is 2. The molecule has 2 heteroatoms. The summed E-state index contributed by atoms with van der Waals surface area (Å²) in [5, 5.41) is 0. The van der Waals surface area contributed by atoms with Crippen molar-refractivity contribution < 1.29 is 9.53 Å². The molecular weight excluding hydrogens is 212 g/mol. The van der Waals surface area contributed by atoms with Crippen LogP contribution in [-0.2, 0) is 9.53 Å². The molecule has 0 atom stereocenters. The molecule has 4 saturated carbocycles. The van der Waals surface area contributed by atoms with Crippen molar-refractivity contribution in [2.75, 3.05) is 0 Å². The predicted octanol–water partition coefficient (Wildman–Crippen LogP) is 3.54. The fourth-order valence-electron chi connectivity index (χ4n) is 4.75. The lowest BCUT2D eigenvalue weighted by molar-refractivity contribution is -0.182. The molecule has 4 aliphatic rings. The molecule has 0 aliphatic heterocycles. The van der Waals surface area contributed by atoms with Gasteiger partial charge in [-0.15, -0.1) is 0 Å². The molecule has 17 heavy (non-hydrogen) atoms. The zero-order valence-corrected chi connectivity index (χ0v) is 11.3. The van der Waals surface area contributed by atoms with Crippen molar-refractivity contribution in [3.63, 3.8) is 0 Å². The van der Waals surface area contributed by atoms with E-state index in [4.69, 9.17) is 4.74 Å². The topological polar surface area (TPSA) is 26.3 Å². The number of hydrogen-bond donors (Lipinski definition) is 0. The van der Waals surface area contributed by atoms with Crippen LogP contribution < -0.4 is 0 Å². The zero-order chi connectivity index (χ0) is 12.3. The quantitative estimate of drug-likeness (QED) is 0.651. The second kappa shape index (κ2) is 3.49. The van der Waals surface area contributed by atoms with Crippen molar-refractivity contribution in [3.05, 3.63) is 0 Å². The zero-order valence-electron chi connectivity index (χ0n) is 11.3. The Labute approximate surface area is 104 Å². The van der Waals surface area contributed by atoms with Crippen molar-refractivity contribution >= 4 is 5.97 Å². The van der Waals surface area contributed by atoms with Gasteiger partial charge < -0.3 is 4.74 Å². The van der Waals surface area contributed by atoms with Gasteiger partial charge in [-0.3, -0.25) is 4.79 Å². The largest absolute Gasteiger partial charge is 0.460 e. The first-order valence-corrected chi connectivity index (χ1v) is 7.10. The summed E-state index contributed by atoms with van der Waals surface area (Å²) >= 11 is 0. The second-order valence-electron chi connectivity index (χ2n) is 7.70. The Morgan fingerprint density at radius 2 is 1.41 bits per heavy atom. The third kappa shape index (κ3) is 2.00. The van der Waals surface area contributed by atoms with Crippen molar-refractivity contribution in [3.8, 4) is 0 Å². The van der Waals surface area contributed by atoms with Gasteiger partial charge in [0.25, 0.3) is 0 Å². The maximum absolute atomic E-state index is 12.5. The van der Waals surface area contributed by atoms with E-state index < -0.39 is 0 Å². The first-order valence-electron chi connectivity index (χ1n) is 7.10. The molecule has 0 N–H and O–H groups in total. The summed E-state index contributed by atoms with van der Waals surface area (Å²) in [6.45, 7) is 5.93. The molecule has 4 bridgehead atoms. The van der Waals surface area contributed by atoms with Crippen LogP contribution in [0.5, 0.6) is 0 Å². The summed E-state index contributed by atoms with van der Waals surface area (Å²) in [6.07, 6.45) is 7.45. The first-order chi connectivity index (χ1) is 7.86. The van der Waals surface area contributed by atoms with Crippen LogP contribution in [0.3, 0.4) is 0 Å². The Hall–Kier alpha value is -0.530. The highest BCUT2D eigenvalue weighted by Crippen LogP contribution is 2.60. The van der Waals surface area contributed by atoms with Crippen LogP contribution in [0, 0.1) is 23.2 Å². The van der Waals surface area contributed by atoms with E-state index in [-0.39, 0.29) is 17.0 Å². The van der Waals surface area contributed by atoms with Crippen molar-refractivity contribution in [2.24, 2.45) is 23.2 Å². The van der Waals surface area contributed by atoms with Crippen molar-refractivity contribution in [1.29, 1.82) is 0 Å². The van der Waals surface area contributed by atoms with E-state index in [1.54, 1.807) is 0 Å². The molecule has 0 amide bonds. The minimum absolute atomic E-state index is 0.0952. The summed E-state index contributed by atoms with van der Waals surface area (Å²) in [7, 11) is 0. The van der Waals surface area contributed by atoms with Crippen LogP contribution in [0.25, 0.3) is 0 Å². The molecular formula is C15H24O2. The number of carbonyl (C=O) groups is 1. The number of esters is 1. The summed E-state index contributed by atoms with van der Waals surface area (Å²) in [5.41, 5.74) is -0.428. The molecule has 0 radical (unpaired) electrons. The molecule has 4 rings (SSSR count). The Morgan fingerprint density at radius 1 is 1.00 bits per heavy atom. The Bertz CT molecular complexity index is 302. The van der Waals surface area contributed by atoms with Gasteiger partial charge in [-0.25, -0.2) is 0 Å². The minimum Gasteiger partial charge on any atom is -0.460 e. The molecule has 0 aromatic rings. The monoisotopic (exact) mass is 236 g/mol. The van der Waals surface area contributed by atoms with Gasteiger partial charge in [0, 0.05) is 0 Å². The lowest BCUT2D eigenvalue weighted by atomic mass is 9.49. The van der Waals surface area contributed by atoms with E-state index in [2.05, 4.69) is 0 Å². The maximum Gasteiger partial charge on any atom is 0.312 e. The van der Waals surface area contributed by atoms with Crippen LogP contribution in [0.1, 0.15) is 59.3 Å². The molecule has 0 saturated heterocycles. The van der Waals surface area contributed by atoms with E-state index in [1.807, 2.05) is 20.8 Å². The van der Waals surface area contributed by atoms with Gasteiger partial charge in [0.1, 0.15) is 5.60 Å². The summed E-state index contributed by atoms with van der Waals surface area (Å²) < 4.78 is 5.68. The molecule has 0 unspecified atom stereocenters. The highest BCUT2D eigenvalue weighted by Gasteiger charge is 2.55. The van der Waals surface area contributed by atoms with Crippen LogP contribution in [0.4, 0.5) is 0 Å². The number of carbonyl (C=O) groups excluding carboxylic acids is 1. The Morgan fingerprint density at radius 3 is 1.76 bits per heavy atom. The number of ether oxygens (including phenoxy) is 1. The van der Waals surface area contributed by atoms with Crippen molar-refractivity contribution in [1.82, 2.24) is 0 Å². The summed E-state index contributed by atoms with van der Waals surface area (Å²) in [4.78, 5) is 12.5. The Kier molecular flexibility index (Phi) is 2.37. The van der Waals surface area contributed by atoms with Crippen molar-refractivity contribution in [2.45, 2.75) is 64.9 Å². The van der Waals surface area contributed by atoms with E-state index in [1.165, 1.54) is 19.3 Å². The van der Waals surface area contributed by atoms with Gasteiger partial charge >= 0.3 is 5.97 Å². The van der Waals surface area contributed by atoms with Gasteiger partial charge in [0.15, 0.2) is 0 Å². The average Bonchev–Trinajstić information content (AvgIpc) is 2.12. The lowest BCUT2D eigenvalue weighted by Gasteiger charge is -2.55. The lowest BCUT2D eigenvalue weighted by Crippen LogP contribution is -2.51. The third-order valence-corrected chi connectivity index (χ3v) is 4.87. The van der Waals surface area contributed by atoms with Crippen LogP contribution in [-0.4, -0.2) is 11.6 Å². The Balaban J connectivity index is 1.80. The summed E-state index contributed by atoms with van der Waals surface area (Å²) in [6, 6.07) is 0. The standard InChI is InChI=1S/C15H24O2/c1-14(2,3)17-13(16)15-7-10-4-11(8-15)6-12(5-10)9-15/h10-12H,4-9H2,1-3H3. The second-order valence-corrected chi connectivity index (χ2v) is 7.70. The van der Waals surface area contributed by atoms with Crippen LogP contribution in [0.15, 0.2) is 0 Å². The van der Waals surface area contributed by atoms with E-state index in [9.17, 15) is 4.79 Å². The molecule has 4 aliphatic carbocycles. The highest BCUT2D eigenvalue weighted by atomic mass is 16.6. The SMILES string of the molecule is CC(C)(C)OC(=O)C12CC3CC(CC(C3)C1)C2. The van der Waals surface area contributed by atoms with Crippen LogP contribution >= 0.6 is 0 Å². The fourth-order valence-corrected chi connectivity index (χ4v) is 4.75. The van der Waals surface area contributed by atoms with Gasteiger partial charge in [0.2, 0.25) is 0 Å². The molecule has 96 valence electrons. The maximum atomic E-state index is 12.5. The smallest absolute Gasteiger partial charge is 0.312 e. The fraction of sp³-hybridized carbons (Fsp3) is 0.933. The first kappa shape index (κ1) is 11.6. The van der Waals surface area contributed by atoms with Gasteiger partial charge in [0.05, 0.1) is 5.41 Å². The van der Waals surface area contributed by atoms with Crippen LogP contribution in [0.2, 0.25) is 0 Å². The molecule has 0 heterocycles. The number of rotatable bonds is 1. The summed E-state index contributed by atoms with van der Waals surface area (Å²) in [5.74, 6) is 2.54. The molecule has 0 aromatic carbocycles. The third-order valence-electron chi connectivity index (χ3n) is 4.87. The highest BCUT2D eigenvalue weighted by molar-refractivity contribution is 5.78. The molecule has 0 spiro atoms. The average molecular weight is 236 g/mol.